The zero-order valence-electron chi connectivity index (χ0n) is 10.7. The largest absolute Gasteiger partial charge is 0.497 e. The Morgan fingerprint density at radius 2 is 1.89 bits per heavy atom. The second kappa shape index (κ2) is 7.63. The summed E-state index contributed by atoms with van der Waals surface area (Å²) in [6.07, 6.45) is -0.531. The van der Waals surface area contributed by atoms with Crippen molar-refractivity contribution in [3.8, 4) is 5.75 Å². The van der Waals surface area contributed by atoms with E-state index >= 15 is 0 Å². The third-order valence-corrected chi connectivity index (χ3v) is 2.97. The molecule has 7 heteroatoms. The van der Waals surface area contributed by atoms with Gasteiger partial charge in [-0.2, -0.15) is 0 Å². The Bertz CT molecular complexity index is 465. The van der Waals surface area contributed by atoms with Crippen LogP contribution in [-0.4, -0.2) is 39.3 Å². The van der Waals surface area contributed by atoms with E-state index in [9.17, 15) is 9.59 Å². The fraction of sp³-hybridized carbons (Fsp3) is 0.333. The molecule has 0 aromatic heterocycles. The number of nitrogens with one attached hydrogen (secondary N) is 2. The molecule has 0 spiro atoms. The van der Waals surface area contributed by atoms with Gasteiger partial charge in [0.1, 0.15) is 5.75 Å². The van der Waals surface area contributed by atoms with E-state index < -0.39 is 6.09 Å². The van der Waals surface area contributed by atoms with Crippen molar-refractivity contribution in [2.45, 2.75) is 0 Å². The van der Waals surface area contributed by atoms with Gasteiger partial charge in [-0.25, -0.2) is 4.79 Å². The van der Waals surface area contributed by atoms with E-state index in [2.05, 4.69) is 31.3 Å². The standard InChI is InChI=1S/C12H15BrN2O4/c1-18-8-3-4-10(13)9(7-8)11(16)14-5-6-15-12(17)19-2/h3-4,7H,5-6H2,1-2H3,(H,14,16)(H,15,17). The minimum Gasteiger partial charge on any atom is -0.497 e. The first kappa shape index (κ1) is 15.3. The molecule has 104 valence electrons. The third kappa shape index (κ3) is 4.78. The molecule has 2 amide bonds. The summed E-state index contributed by atoms with van der Waals surface area (Å²) in [5.74, 6) is 0.346. The lowest BCUT2D eigenvalue weighted by molar-refractivity contribution is 0.0951. The molecule has 0 fully saturated rings. The summed E-state index contributed by atoms with van der Waals surface area (Å²) in [5.41, 5.74) is 0.470. The lowest BCUT2D eigenvalue weighted by Gasteiger charge is -2.09. The number of amides is 2. The first-order chi connectivity index (χ1) is 9.08. The molecule has 1 aromatic rings. The number of hydrogen-bond acceptors (Lipinski definition) is 4. The molecule has 0 saturated carbocycles. The van der Waals surface area contributed by atoms with E-state index in [1.54, 1.807) is 18.2 Å². The Morgan fingerprint density at radius 1 is 1.21 bits per heavy atom. The van der Waals surface area contributed by atoms with Crippen LogP contribution in [0.15, 0.2) is 22.7 Å². The van der Waals surface area contributed by atoms with Crippen LogP contribution >= 0.6 is 15.9 Å². The van der Waals surface area contributed by atoms with Crippen molar-refractivity contribution in [3.05, 3.63) is 28.2 Å². The van der Waals surface area contributed by atoms with Crippen molar-refractivity contribution in [2.75, 3.05) is 27.3 Å². The molecule has 0 aliphatic heterocycles. The van der Waals surface area contributed by atoms with Crippen LogP contribution in [0.2, 0.25) is 0 Å². The van der Waals surface area contributed by atoms with Crippen LogP contribution in [-0.2, 0) is 4.74 Å². The highest BCUT2D eigenvalue weighted by Gasteiger charge is 2.10. The zero-order chi connectivity index (χ0) is 14.3. The van der Waals surface area contributed by atoms with Crippen LogP contribution in [0.3, 0.4) is 0 Å². The lowest BCUT2D eigenvalue weighted by atomic mass is 10.2. The molecule has 0 aliphatic rings. The normalized spacial score (nSPS) is 9.63. The number of ether oxygens (including phenoxy) is 2. The predicted molar refractivity (Wildman–Crippen MR) is 73.4 cm³/mol. The van der Waals surface area contributed by atoms with E-state index in [1.807, 2.05) is 0 Å². The van der Waals surface area contributed by atoms with Gasteiger partial charge in [-0.3, -0.25) is 4.79 Å². The molecule has 0 heterocycles. The van der Waals surface area contributed by atoms with Crippen molar-refractivity contribution in [1.29, 1.82) is 0 Å². The van der Waals surface area contributed by atoms with E-state index in [4.69, 9.17) is 4.74 Å². The van der Waals surface area contributed by atoms with Crippen molar-refractivity contribution in [1.82, 2.24) is 10.6 Å². The SMILES string of the molecule is COC(=O)NCCNC(=O)c1cc(OC)ccc1Br. The topological polar surface area (TPSA) is 76.7 Å². The summed E-state index contributed by atoms with van der Waals surface area (Å²) in [5, 5.41) is 5.14. The Morgan fingerprint density at radius 3 is 2.53 bits per heavy atom. The highest BCUT2D eigenvalue weighted by molar-refractivity contribution is 9.10. The van der Waals surface area contributed by atoms with E-state index in [0.29, 0.717) is 28.9 Å². The average Bonchev–Trinajstić information content (AvgIpc) is 2.43. The first-order valence-electron chi connectivity index (χ1n) is 5.52. The molecule has 0 unspecified atom stereocenters. The number of benzene rings is 1. The number of carbonyl (C=O) groups excluding carboxylic acids is 2. The average molecular weight is 331 g/mol. The van der Waals surface area contributed by atoms with Gasteiger partial charge >= 0.3 is 6.09 Å². The fourth-order valence-corrected chi connectivity index (χ4v) is 1.74. The van der Waals surface area contributed by atoms with Crippen molar-refractivity contribution >= 4 is 27.9 Å². The van der Waals surface area contributed by atoms with Gasteiger partial charge in [0, 0.05) is 17.6 Å². The van der Waals surface area contributed by atoms with Gasteiger partial charge in [-0.15, -0.1) is 0 Å². The Balaban J connectivity index is 2.51. The minimum atomic E-state index is -0.531. The summed E-state index contributed by atoms with van der Waals surface area (Å²) in [6, 6.07) is 5.12. The quantitative estimate of drug-likeness (QED) is 0.803. The van der Waals surface area contributed by atoms with Gasteiger partial charge in [-0.1, -0.05) is 0 Å². The second-order valence-corrected chi connectivity index (χ2v) is 4.37. The molecule has 2 N–H and O–H groups in total. The highest BCUT2D eigenvalue weighted by atomic mass is 79.9. The fourth-order valence-electron chi connectivity index (χ4n) is 1.31. The summed E-state index contributed by atoms with van der Waals surface area (Å²) in [6.45, 7) is 0.595. The smallest absolute Gasteiger partial charge is 0.406 e. The maximum Gasteiger partial charge on any atom is 0.406 e. The van der Waals surface area contributed by atoms with Gasteiger partial charge in [0.25, 0.3) is 5.91 Å². The van der Waals surface area contributed by atoms with Gasteiger partial charge in [0.15, 0.2) is 0 Å². The number of methoxy groups -OCH3 is 2. The molecule has 1 aromatic carbocycles. The molecule has 0 atom stereocenters. The van der Waals surface area contributed by atoms with Crippen LogP contribution in [0.5, 0.6) is 5.75 Å². The van der Waals surface area contributed by atoms with Gasteiger partial charge < -0.3 is 20.1 Å². The monoisotopic (exact) mass is 330 g/mol. The summed E-state index contributed by atoms with van der Waals surface area (Å²) >= 11 is 3.30. The zero-order valence-corrected chi connectivity index (χ0v) is 12.2. The number of hydrogen-bond donors (Lipinski definition) is 2. The number of alkyl carbamates (subject to hydrolysis) is 1. The number of carbonyl (C=O) groups is 2. The van der Waals surface area contributed by atoms with Crippen molar-refractivity contribution < 1.29 is 19.1 Å². The van der Waals surface area contributed by atoms with E-state index in [-0.39, 0.29) is 5.91 Å². The molecule has 0 aliphatic carbocycles. The Kier molecular flexibility index (Phi) is 6.14. The number of rotatable bonds is 5. The molecule has 0 radical (unpaired) electrons. The molecule has 19 heavy (non-hydrogen) atoms. The molecule has 0 bridgehead atoms. The van der Waals surface area contributed by atoms with Gasteiger partial charge in [0.05, 0.1) is 19.8 Å². The summed E-state index contributed by atoms with van der Waals surface area (Å²) < 4.78 is 10.1. The summed E-state index contributed by atoms with van der Waals surface area (Å²) in [4.78, 5) is 22.7. The molecule has 6 nitrogen and oxygen atoms in total. The molecule has 1 rings (SSSR count). The van der Waals surface area contributed by atoms with E-state index in [0.717, 1.165) is 0 Å². The Labute approximate surface area is 119 Å². The lowest BCUT2D eigenvalue weighted by Crippen LogP contribution is -2.34. The van der Waals surface area contributed by atoms with Gasteiger partial charge in [0.2, 0.25) is 0 Å². The van der Waals surface area contributed by atoms with Crippen LogP contribution in [0.1, 0.15) is 10.4 Å². The van der Waals surface area contributed by atoms with Crippen molar-refractivity contribution in [2.24, 2.45) is 0 Å². The predicted octanol–water partition coefficient (Wildman–Crippen LogP) is 1.54. The van der Waals surface area contributed by atoms with Crippen LogP contribution in [0.4, 0.5) is 4.79 Å². The first-order valence-corrected chi connectivity index (χ1v) is 6.31. The van der Waals surface area contributed by atoms with Crippen LogP contribution in [0, 0.1) is 0 Å². The van der Waals surface area contributed by atoms with E-state index in [1.165, 1.54) is 14.2 Å². The third-order valence-electron chi connectivity index (χ3n) is 2.28. The maximum atomic E-state index is 11.9. The van der Waals surface area contributed by atoms with Crippen LogP contribution < -0.4 is 15.4 Å². The molecular weight excluding hydrogens is 316 g/mol. The maximum absolute atomic E-state index is 11.9. The molecular formula is C12H15BrN2O4. The minimum absolute atomic E-state index is 0.252. The van der Waals surface area contributed by atoms with Crippen molar-refractivity contribution in [3.63, 3.8) is 0 Å². The van der Waals surface area contributed by atoms with Crippen LogP contribution in [0.25, 0.3) is 0 Å². The Hall–Kier alpha value is -1.76. The molecule has 0 saturated heterocycles. The summed E-state index contributed by atoms with van der Waals surface area (Å²) in [7, 11) is 2.81. The second-order valence-electron chi connectivity index (χ2n) is 3.52. The highest BCUT2D eigenvalue weighted by Crippen LogP contribution is 2.22. The van der Waals surface area contributed by atoms with Gasteiger partial charge in [-0.05, 0) is 34.1 Å². The number of halogens is 1.